The first-order chi connectivity index (χ1) is 14.9. The van der Waals surface area contributed by atoms with Crippen molar-refractivity contribution >= 4 is 17.7 Å². The number of nitrogens with zero attached hydrogens (tertiary/aromatic N) is 1. The third kappa shape index (κ3) is 4.16. The van der Waals surface area contributed by atoms with Gasteiger partial charge in [-0.1, -0.05) is 42.5 Å². The van der Waals surface area contributed by atoms with Crippen molar-refractivity contribution in [2.45, 2.75) is 19.1 Å². The van der Waals surface area contributed by atoms with E-state index in [0.29, 0.717) is 5.75 Å². The molecule has 3 aromatic carbocycles. The first-order valence-corrected chi connectivity index (χ1v) is 9.66. The van der Waals surface area contributed by atoms with E-state index in [2.05, 4.69) is 0 Å². The maximum absolute atomic E-state index is 13.0. The molecular formula is C24H19FN2O4. The van der Waals surface area contributed by atoms with Gasteiger partial charge in [-0.3, -0.25) is 19.3 Å². The minimum Gasteiger partial charge on any atom is -0.489 e. The smallest absolute Gasteiger partial charge is 0.262 e. The number of carbonyl (C=O) groups excluding carboxylic acids is 3. The van der Waals surface area contributed by atoms with Gasteiger partial charge in [0, 0.05) is 6.42 Å². The molecule has 3 amide bonds. The highest BCUT2D eigenvalue weighted by atomic mass is 19.1. The Kier molecular flexibility index (Phi) is 5.49. The van der Waals surface area contributed by atoms with Gasteiger partial charge >= 0.3 is 0 Å². The van der Waals surface area contributed by atoms with E-state index in [9.17, 15) is 18.8 Å². The molecule has 1 atom stereocenters. The lowest BCUT2D eigenvalue weighted by atomic mass is 10.0. The van der Waals surface area contributed by atoms with Crippen LogP contribution in [0.25, 0.3) is 0 Å². The van der Waals surface area contributed by atoms with E-state index in [4.69, 9.17) is 10.5 Å². The molecule has 1 heterocycles. The van der Waals surface area contributed by atoms with Gasteiger partial charge in [-0.05, 0) is 41.5 Å². The Morgan fingerprint density at radius 3 is 2.26 bits per heavy atom. The van der Waals surface area contributed by atoms with Crippen molar-refractivity contribution in [2.24, 2.45) is 5.73 Å². The highest BCUT2D eigenvalue weighted by Gasteiger charge is 2.42. The van der Waals surface area contributed by atoms with Crippen LogP contribution in [-0.4, -0.2) is 28.7 Å². The number of fused-ring (bicyclic) bond motifs is 1. The number of imide groups is 1. The average Bonchev–Trinajstić information content (AvgIpc) is 3.02. The minimum atomic E-state index is -1.10. The highest BCUT2D eigenvalue weighted by molar-refractivity contribution is 6.23. The monoisotopic (exact) mass is 418 g/mol. The molecule has 3 aromatic rings. The molecule has 2 N–H and O–H groups in total. The van der Waals surface area contributed by atoms with Crippen LogP contribution < -0.4 is 10.5 Å². The average molecular weight is 418 g/mol. The number of rotatable bonds is 7. The molecule has 0 spiro atoms. The molecular weight excluding hydrogens is 399 g/mol. The summed E-state index contributed by atoms with van der Waals surface area (Å²) in [4.78, 5) is 38.9. The van der Waals surface area contributed by atoms with Gasteiger partial charge in [0.05, 0.1) is 11.1 Å². The van der Waals surface area contributed by atoms with E-state index in [0.717, 1.165) is 16.0 Å². The van der Waals surface area contributed by atoms with E-state index < -0.39 is 23.8 Å². The molecule has 0 unspecified atom stereocenters. The topological polar surface area (TPSA) is 89.7 Å². The van der Waals surface area contributed by atoms with Gasteiger partial charge in [0.1, 0.15) is 24.2 Å². The molecule has 0 aromatic heterocycles. The van der Waals surface area contributed by atoms with Crippen molar-refractivity contribution in [1.29, 1.82) is 0 Å². The van der Waals surface area contributed by atoms with E-state index in [1.807, 2.05) is 6.07 Å². The number of nitrogens with two attached hydrogens (primary N) is 1. The Morgan fingerprint density at radius 1 is 0.903 bits per heavy atom. The molecule has 1 aliphatic rings. The lowest BCUT2D eigenvalue weighted by molar-refractivity contribution is -0.121. The predicted molar refractivity (Wildman–Crippen MR) is 111 cm³/mol. The molecule has 1 aliphatic heterocycles. The Hall–Kier alpha value is -4.00. The molecule has 0 aliphatic carbocycles. The van der Waals surface area contributed by atoms with Gasteiger partial charge in [-0.15, -0.1) is 0 Å². The van der Waals surface area contributed by atoms with Gasteiger partial charge in [0.15, 0.2) is 0 Å². The lowest BCUT2D eigenvalue weighted by Crippen LogP contribution is -2.49. The summed E-state index contributed by atoms with van der Waals surface area (Å²) in [5, 5.41) is 0. The number of hydrogen-bond acceptors (Lipinski definition) is 4. The molecule has 0 saturated carbocycles. The van der Waals surface area contributed by atoms with Crippen molar-refractivity contribution in [2.75, 3.05) is 0 Å². The fourth-order valence-corrected chi connectivity index (χ4v) is 3.52. The highest BCUT2D eigenvalue weighted by Crippen LogP contribution is 2.29. The normalized spacial score (nSPS) is 13.8. The zero-order valence-electron chi connectivity index (χ0n) is 16.5. The number of hydrogen-bond donors (Lipinski definition) is 1. The maximum atomic E-state index is 13.0. The van der Waals surface area contributed by atoms with Crippen LogP contribution in [0.4, 0.5) is 4.39 Å². The van der Waals surface area contributed by atoms with Crippen LogP contribution in [-0.2, 0) is 17.8 Å². The van der Waals surface area contributed by atoms with Crippen LogP contribution in [0.15, 0.2) is 72.8 Å². The standard InChI is InChI=1S/C24H19FN2O4/c25-17-8-6-16(7-9-17)14-31-18-10-11-19-20(13-18)24(30)27(23(19)29)21(22(26)28)12-15-4-2-1-3-5-15/h1-11,13,21H,12,14H2,(H2,26,28)/t21-/m0/s1. The fourth-order valence-electron chi connectivity index (χ4n) is 3.52. The molecule has 0 radical (unpaired) electrons. The van der Waals surface area contributed by atoms with Crippen LogP contribution in [0.5, 0.6) is 5.75 Å². The molecule has 0 saturated heterocycles. The molecule has 0 bridgehead atoms. The number of amides is 3. The number of halogens is 1. The zero-order valence-corrected chi connectivity index (χ0v) is 16.5. The van der Waals surface area contributed by atoms with Crippen molar-refractivity contribution in [3.8, 4) is 5.75 Å². The van der Waals surface area contributed by atoms with E-state index >= 15 is 0 Å². The summed E-state index contributed by atoms with van der Waals surface area (Å²) in [6, 6.07) is 18.3. The summed E-state index contributed by atoms with van der Waals surface area (Å²) in [5.74, 6) is -1.88. The molecule has 0 fully saturated rings. The first-order valence-electron chi connectivity index (χ1n) is 9.66. The van der Waals surface area contributed by atoms with E-state index in [1.165, 1.54) is 24.3 Å². The molecule has 156 valence electrons. The molecule has 31 heavy (non-hydrogen) atoms. The summed E-state index contributed by atoms with van der Waals surface area (Å²) in [6.45, 7) is 0.169. The van der Waals surface area contributed by atoms with Crippen molar-refractivity contribution in [3.63, 3.8) is 0 Å². The first kappa shape index (κ1) is 20.3. The largest absolute Gasteiger partial charge is 0.489 e. The number of benzene rings is 3. The zero-order chi connectivity index (χ0) is 22.0. The summed E-state index contributed by atoms with van der Waals surface area (Å²) in [7, 11) is 0. The Bertz CT molecular complexity index is 1150. The van der Waals surface area contributed by atoms with E-state index in [1.54, 1.807) is 42.5 Å². The summed E-state index contributed by atoms with van der Waals surface area (Å²) >= 11 is 0. The Balaban J connectivity index is 1.55. The second-order valence-corrected chi connectivity index (χ2v) is 7.21. The number of ether oxygens (including phenoxy) is 1. The van der Waals surface area contributed by atoms with Crippen LogP contribution in [0.2, 0.25) is 0 Å². The fraction of sp³-hybridized carbons (Fsp3) is 0.125. The molecule has 6 nitrogen and oxygen atoms in total. The third-order valence-electron chi connectivity index (χ3n) is 5.12. The number of primary amides is 1. The van der Waals surface area contributed by atoms with Gasteiger partial charge < -0.3 is 10.5 Å². The predicted octanol–water partition coefficient (Wildman–Crippen LogP) is 3.10. The minimum absolute atomic E-state index is 0.134. The summed E-state index contributed by atoms with van der Waals surface area (Å²) in [5.41, 5.74) is 7.42. The van der Waals surface area contributed by atoms with Crippen molar-refractivity contribution in [1.82, 2.24) is 4.90 Å². The van der Waals surface area contributed by atoms with Crippen molar-refractivity contribution < 1.29 is 23.5 Å². The molecule has 4 rings (SSSR count). The summed E-state index contributed by atoms with van der Waals surface area (Å²) < 4.78 is 18.7. The van der Waals surface area contributed by atoms with Gasteiger partial charge in [-0.25, -0.2) is 4.39 Å². The van der Waals surface area contributed by atoms with Crippen LogP contribution in [0, 0.1) is 5.82 Å². The van der Waals surface area contributed by atoms with Crippen molar-refractivity contribution in [3.05, 3.63) is 101 Å². The summed E-state index contributed by atoms with van der Waals surface area (Å²) in [6.07, 6.45) is 0.134. The second-order valence-electron chi connectivity index (χ2n) is 7.21. The number of carbonyl (C=O) groups is 3. The molecule has 7 heteroatoms. The van der Waals surface area contributed by atoms with Crippen LogP contribution in [0.3, 0.4) is 0 Å². The SMILES string of the molecule is NC(=O)[C@H](Cc1ccccc1)N1C(=O)c2ccc(OCc3ccc(F)cc3)cc2C1=O. The van der Waals surface area contributed by atoms with Gasteiger partial charge in [0.2, 0.25) is 5.91 Å². The maximum Gasteiger partial charge on any atom is 0.262 e. The van der Waals surface area contributed by atoms with Gasteiger partial charge in [0.25, 0.3) is 11.8 Å². The third-order valence-corrected chi connectivity index (χ3v) is 5.12. The van der Waals surface area contributed by atoms with E-state index in [-0.39, 0.29) is 30.0 Å². The second kappa shape index (κ2) is 8.39. The lowest BCUT2D eigenvalue weighted by Gasteiger charge is -2.23. The quantitative estimate of drug-likeness (QED) is 0.597. The van der Waals surface area contributed by atoms with Gasteiger partial charge in [-0.2, -0.15) is 0 Å². The van der Waals surface area contributed by atoms with Crippen LogP contribution >= 0.6 is 0 Å². The van der Waals surface area contributed by atoms with Crippen LogP contribution in [0.1, 0.15) is 31.8 Å². The Morgan fingerprint density at radius 2 is 1.58 bits per heavy atom. The Labute approximate surface area is 178 Å².